The van der Waals surface area contributed by atoms with Crippen LogP contribution in [-0.2, 0) is 11.0 Å². The van der Waals surface area contributed by atoms with Crippen molar-refractivity contribution in [3.05, 3.63) is 101 Å². The van der Waals surface area contributed by atoms with E-state index in [0.717, 1.165) is 47.4 Å². The van der Waals surface area contributed by atoms with Gasteiger partial charge in [0.25, 0.3) is 5.91 Å². The van der Waals surface area contributed by atoms with Crippen molar-refractivity contribution in [2.75, 3.05) is 11.9 Å². The molecule has 32 heavy (non-hydrogen) atoms. The molecule has 1 atom stereocenters. The molecule has 0 spiro atoms. The van der Waals surface area contributed by atoms with Crippen molar-refractivity contribution in [3.8, 4) is 0 Å². The summed E-state index contributed by atoms with van der Waals surface area (Å²) in [5.74, 6) is -2.98. The molecule has 1 aliphatic rings. The van der Waals surface area contributed by atoms with Crippen LogP contribution >= 0.6 is 0 Å². The fourth-order valence-electron chi connectivity index (χ4n) is 3.74. The average molecular weight is 446 g/mol. The van der Waals surface area contributed by atoms with Crippen LogP contribution < -0.4 is 5.32 Å². The van der Waals surface area contributed by atoms with Crippen molar-refractivity contribution in [2.45, 2.75) is 12.2 Å². The number of fused-ring (bicyclic) bond motifs is 1. The van der Waals surface area contributed by atoms with Crippen molar-refractivity contribution in [1.82, 2.24) is 4.90 Å². The molecular formula is C23H15F5N2O2. The largest absolute Gasteiger partial charge is 0.417 e. The van der Waals surface area contributed by atoms with Crippen LogP contribution in [0.3, 0.4) is 0 Å². The first-order chi connectivity index (χ1) is 15.1. The maximum absolute atomic E-state index is 14.1. The highest BCUT2D eigenvalue weighted by molar-refractivity contribution is 6.02. The number of halogens is 5. The van der Waals surface area contributed by atoms with Crippen molar-refractivity contribution >= 4 is 17.5 Å². The van der Waals surface area contributed by atoms with Crippen molar-refractivity contribution in [1.29, 1.82) is 0 Å². The maximum Gasteiger partial charge on any atom is 0.417 e. The highest BCUT2D eigenvalue weighted by atomic mass is 19.4. The first-order valence-corrected chi connectivity index (χ1v) is 9.47. The summed E-state index contributed by atoms with van der Waals surface area (Å²) in [5, 5.41) is 2.55. The second-order valence-corrected chi connectivity index (χ2v) is 7.21. The number of benzene rings is 3. The summed E-state index contributed by atoms with van der Waals surface area (Å²) >= 11 is 0. The van der Waals surface area contributed by atoms with E-state index in [2.05, 4.69) is 5.32 Å². The molecule has 4 rings (SSSR count). The Kier molecular flexibility index (Phi) is 5.41. The second kappa shape index (κ2) is 8.07. The molecule has 9 heteroatoms. The third kappa shape index (κ3) is 4.05. The number of nitrogens with zero attached hydrogens (tertiary/aromatic N) is 1. The van der Waals surface area contributed by atoms with Gasteiger partial charge in [0.15, 0.2) is 0 Å². The Labute approximate surface area is 179 Å². The van der Waals surface area contributed by atoms with Crippen molar-refractivity contribution < 1.29 is 31.5 Å². The molecule has 2 amide bonds. The molecule has 3 aromatic rings. The van der Waals surface area contributed by atoms with E-state index in [0.29, 0.717) is 5.56 Å². The Balaban J connectivity index is 1.92. The highest BCUT2D eigenvalue weighted by Crippen LogP contribution is 2.39. The molecule has 0 fully saturated rings. The molecule has 0 saturated carbocycles. The lowest BCUT2D eigenvalue weighted by molar-refractivity contribution is -0.138. The first kappa shape index (κ1) is 21.5. The molecule has 0 aliphatic carbocycles. The minimum Gasteiger partial charge on any atom is -0.324 e. The Hall–Kier alpha value is -3.75. The van der Waals surface area contributed by atoms with Gasteiger partial charge in [-0.1, -0.05) is 24.3 Å². The molecule has 1 unspecified atom stereocenters. The number of hydrogen-bond acceptors (Lipinski definition) is 2. The van der Waals surface area contributed by atoms with E-state index in [-0.39, 0.29) is 11.3 Å². The van der Waals surface area contributed by atoms with Gasteiger partial charge >= 0.3 is 6.18 Å². The molecule has 4 nitrogen and oxygen atoms in total. The second-order valence-electron chi connectivity index (χ2n) is 7.21. The lowest BCUT2D eigenvalue weighted by Gasteiger charge is -2.31. The third-order valence-corrected chi connectivity index (χ3v) is 5.12. The Morgan fingerprint density at radius 3 is 2.28 bits per heavy atom. The van der Waals surface area contributed by atoms with Gasteiger partial charge in [-0.05, 0) is 48.0 Å². The SMILES string of the molecule is O=C1CN(C(=O)c2ccccc2C(F)(F)F)C(c2ccc(F)cc2)c2cc(F)ccc2N1. The highest BCUT2D eigenvalue weighted by Gasteiger charge is 2.39. The predicted octanol–water partition coefficient (Wildman–Crippen LogP) is 5.17. The van der Waals surface area contributed by atoms with Crippen LogP contribution in [0.25, 0.3) is 0 Å². The van der Waals surface area contributed by atoms with Gasteiger partial charge in [-0.25, -0.2) is 8.78 Å². The predicted molar refractivity (Wildman–Crippen MR) is 106 cm³/mol. The molecule has 3 aromatic carbocycles. The van der Waals surface area contributed by atoms with Crippen molar-refractivity contribution in [2.24, 2.45) is 0 Å². The molecule has 1 heterocycles. The normalized spacial score (nSPS) is 16.2. The average Bonchev–Trinajstić information content (AvgIpc) is 2.89. The zero-order chi connectivity index (χ0) is 23.0. The zero-order valence-corrected chi connectivity index (χ0v) is 16.3. The van der Waals surface area contributed by atoms with E-state index >= 15 is 0 Å². The summed E-state index contributed by atoms with van der Waals surface area (Å²) in [5.41, 5.74) is -1.16. The summed E-state index contributed by atoms with van der Waals surface area (Å²) in [6, 6.07) is 11.5. The van der Waals surface area contributed by atoms with Gasteiger partial charge in [0.1, 0.15) is 18.2 Å². The van der Waals surface area contributed by atoms with Gasteiger partial charge < -0.3 is 10.2 Å². The van der Waals surface area contributed by atoms with Crippen LogP contribution in [0.15, 0.2) is 66.7 Å². The Morgan fingerprint density at radius 1 is 0.938 bits per heavy atom. The van der Waals surface area contributed by atoms with Gasteiger partial charge in [-0.3, -0.25) is 9.59 Å². The van der Waals surface area contributed by atoms with Gasteiger partial charge in [-0.15, -0.1) is 0 Å². The van der Waals surface area contributed by atoms with E-state index in [4.69, 9.17) is 0 Å². The van der Waals surface area contributed by atoms with E-state index in [1.807, 2.05) is 0 Å². The molecular weight excluding hydrogens is 431 g/mol. The fourth-order valence-corrected chi connectivity index (χ4v) is 3.74. The van der Waals surface area contributed by atoms with E-state index < -0.39 is 53.3 Å². The number of nitrogens with one attached hydrogen (secondary N) is 1. The van der Waals surface area contributed by atoms with Gasteiger partial charge in [0, 0.05) is 11.3 Å². The van der Waals surface area contributed by atoms with Gasteiger partial charge in [0.05, 0.1) is 17.2 Å². The van der Waals surface area contributed by atoms with Gasteiger partial charge in [-0.2, -0.15) is 13.2 Å². The minimum atomic E-state index is -4.81. The van der Waals surface area contributed by atoms with Crippen LogP contribution in [-0.4, -0.2) is 23.3 Å². The summed E-state index contributed by atoms with van der Waals surface area (Å²) < 4.78 is 68.3. The first-order valence-electron chi connectivity index (χ1n) is 9.47. The molecule has 1 aliphatic heterocycles. The minimum absolute atomic E-state index is 0.153. The van der Waals surface area contributed by atoms with E-state index in [1.165, 1.54) is 24.3 Å². The summed E-state index contributed by atoms with van der Waals surface area (Å²) in [6.45, 7) is -0.594. The molecule has 0 aromatic heterocycles. The van der Waals surface area contributed by atoms with Crippen molar-refractivity contribution in [3.63, 3.8) is 0 Å². The number of rotatable bonds is 2. The Morgan fingerprint density at radius 2 is 1.59 bits per heavy atom. The van der Waals surface area contributed by atoms with Crippen LogP contribution in [0.4, 0.5) is 27.6 Å². The summed E-state index contributed by atoms with van der Waals surface area (Å²) in [6.07, 6.45) is -4.81. The number of carbonyl (C=O) groups excluding carboxylic acids is 2. The molecule has 1 N–H and O–H groups in total. The summed E-state index contributed by atoms with van der Waals surface area (Å²) in [7, 11) is 0. The van der Waals surface area contributed by atoms with E-state index in [9.17, 15) is 31.5 Å². The number of hydrogen-bond donors (Lipinski definition) is 1. The fraction of sp³-hybridized carbons (Fsp3) is 0.130. The third-order valence-electron chi connectivity index (χ3n) is 5.12. The lowest BCUT2D eigenvalue weighted by Crippen LogP contribution is -2.39. The molecule has 0 bridgehead atoms. The monoisotopic (exact) mass is 446 g/mol. The quantitative estimate of drug-likeness (QED) is 0.553. The number of alkyl halides is 3. The van der Waals surface area contributed by atoms with Gasteiger partial charge in [0.2, 0.25) is 5.91 Å². The maximum atomic E-state index is 14.1. The van der Waals surface area contributed by atoms with Crippen LogP contribution in [0.1, 0.15) is 33.1 Å². The molecule has 0 radical (unpaired) electrons. The zero-order valence-electron chi connectivity index (χ0n) is 16.3. The Bertz CT molecular complexity index is 1190. The topological polar surface area (TPSA) is 49.4 Å². The molecule has 0 saturated heterocycles. The number of carbonyl (C=O) groups is 2. The lowest BCUT2D eigenvalue weighted by atomic mass is 9.94. The van der Waals surface area contributed by atoms with Crippen LogP contribution in [0, 0.1) is 11.6 Å². The number of anilines is 1. The van der Waals surface area contributed by atoms with Crippen LogP contribution in [0.2, 0.25) is 0 Å². The molecule has 164 valence electrons. The number of amides is 2. The van der Waals surface area contributed by atoms with E-state index in [1.54, 1.807) is 0 Å². The standard InChI is InChI=1S/C23H15F5N2O2/c24-14-7-5-13(6-8-14)21-17-11-15(25)9-10-19(17)29-20(31)12-30(21)22(32)16-3-1-2-4-18(16)23(26,27)28/h1-11,21H,12H2,(H,29,31). The smallest absolute Gasteiger partial charge is 0.324 e. The summed E-state index contributed by atoms with van der Waals surface area (Å²) in [4.78, 5) is 26.8. The van der Waals surface area contributed by atoms with Crippen LogP contribution in [0.5, 0.6) is 0 Å².